The Kier molecular flexibility index (Phi) is 2.53. The molecule has 0 aliphatic rings. The molecule has 0 saturated carbocycles. The first-order chi connectivity index (χ1) is 5.72. The van der Waals surface area contributed by atoms with Crippen LogP contribution in [0.15, 0.2) is 29.4 Å². The van der Waals surface area contributed by atoms with Crippen molar-refractivity contribution in [2.24, 2.45) is 10.9 Å². The van der Waals surface area contributed by atoms with Crippen molar-refractivity contribution in [3.05, 3.63) is 34.7 Å². The van der Waals surface area contributed by atoms with Crippen molar-refractivity contribution < 1.29 is 4.79 Å². The maximum Gasteiger partial charge on any atom is 0.221 e. The molecule has 4 heteroatoms. The van der Waals surface area contributed by atoms with Gasteiger partial charge in [0.2, 0.25) is 5.91 Å². The van der Waals surface area contributed by atoms with Crippen molar-refractivity contribution in [2.45, 2.75) is 6.42 Å². The number of nitrogens with two attached hydrogens (primary N) is 1. The molecule has 4 nitrogen and oxygen atoms in total. The molecule has 0 spiro atoms. The van der Waals surface area contributed by atoms with E-state index in [1.165, 1.54) is 0 Å². The van der Waals surface area contributed by atoms with Gasteiger partial charge in [-0.1, -0.05) is 12.1 Å². The standard InChI is InChI=1S/C8H8N2O2/c9-8(11)5-6-1-3-7(10-12)4-2-6/h1-4H,5H2,(H2,9,11). The maximum absolute atomic E-state index is 10.5. The molecule has 0 unspecified atom stereocenters. The summed E-state index contributed by atoms with van der Waals surface area (Å²) < 4.78 is 0. The molecule has 1 aromatic rings. The average molecular weight is 164 g/mol. The van der Waals surface area contributed by atoms with Crippen molar-refractivity contribution in [3.8, 4) is 0 Å². The Morgan fingerprint density at radius 2 is 1.92 bits per heavy atom. The fraction of sp³-hybridized carbons (Fsp3) is 0.125. The smallest absolute Gasteiger partial charge is 0.221 e. The van der Waals surface area contributed by atoms with E-state index < -0.39 is 0 Å². The lowest BCUT2D eigenvalue weighted by atomic mass is 10.1. The summed E-state index contributed by atoms with van der Waals surface area (Å²) in [6.45, 7) is 0. The van der Waals surface area contributed by atoms with Gasteiger partial charge in [0.15, 0.2) is 0 Å². The van der Waals surface area contributed by atoms with Gasteiger partial charge in [0.1, 0.15) is 5.69 Å². The van der Waals surface area contributed by atoms with E-state index in [4.69, 9.17) is 5.73 Å². The van der Waals surface area contributed by atoms with Crippen LogP contribution in [0.4, 0.5) is 5.69 Å². The predicted octanol–water partition coefficient (Wildman–Crippen LogP) is 1.11. The molecule has 0 aliphatic carbocycles. The molecule has 1 rings (SSSR count). The van der Waals surface area contributed by atoms with Crippen LogP contribution in [-0.2, 0) is 11.2 Å². The fourth-order valence-electron chi connectivity index (χ4n) is 0.876. The van der Waals surface area contributed by atoms with E-state index in [9.17, 15) is 9.70 Å². The van der Waals surface area contributed by atoms with Crippen LogP contribution in [0, 0.1) is 4.91 Å². The summed E-state index contributed by atoms with van der Waals surface area (Å²) >= 11 is 0. The quantitative estimate of drug-likeness (QED) is 0.679. The minimum Gasteiger partial charge on any atom is -0.369 e. The van der Waals surface area contributed by atoms with Gasteiger partial charge in [0.05, 0.1) is 6.42 Å². The summed E-state index contributed by atoms with van der Waals surface area (Å²) in [4.78, 5) is 20.5. The summed E-state index contributed by atoms with van der Waals surface area (Å²) in [6.07, 6.45) is 0.194. The number of hydrogen-bond donors (Lipinski definition) is 1. The molecular formula is C8H8N2O2. The van der Waals surface area contributed by atoms with Crippen molar-refractivity contribution in [2.75, 3.05) is 0 Å². The van der Waals surface area contributed by atoms with Gasteiger partial charge in [-0.25, -0.2) is 0 Å². The minimum atomic E-state index is -0.387. The third-order valence-electron chi connectivity index (χ3n) is 1.42. The number of nitroso groups, excluding NO2 is 1. The lowest BCUT2D eigenvalue weighted by molar-refractivity contribution is -0.117. The highest BCUT2D eigenvalue weighted by atomic mass is 16.3. The molecule has 0 saturated heterocycles. The molecule has 0 radical (unpaired) electrons. The fourth-order valence-corrected chi connectivity index (χ4v) is 0.876. The van der Waals surface area contributed by atoms with Gasteiger partial charge in [0, 0.05) is 0 Å². The van der Waals surface area contributed by atoms with E-state index in [1.54, 1.807) is 24.3 Å². The summed E-state index contributed by atoms with van der Waals surface area (Å²) in [5.74, 6) is -0.387. The van der Waals surface area contributed by atoms with Gasteiger partial charge in [-0.15, -0.1) is 4.91 Å². The average Bonchev–Trinajstić information content (AvgIpc) is 2.05. The van der Waals surface area contributed by atoms with E-state index >= 15 is 0 Å². The molecule has 0 aliphatic heterocycles. The number of nitrogens with zero attached hydrogens (tertiary/aromatic N) is 1. The van der Waals surface area contributed by atoms with Gasteiger partial charge in [0.25, 0.3) is 0 Å². The molecule has 0 fully saturated rings. The Labute approximate surface area is 69.4 Å². The van der Waals surface area contributed by atoms with E-state index in [0.29, 0.717) is 5.69 Å². The summed E-state index contributed by atoms with van der Waals surface area (Å²) in [7, 11) is 0. The Balaban J connectivity index is 2.77. The zero-order valence-electron chi connectivity index (χ0n) is 6.36. The Morgan fingerprint density at radius 3 is 2.33 bits per heavy atom. The lowest BCUT2D eigenvalue weighted by Crippen LogP contribution is -2.13. The van der Waals surface area contributed by atoms with Gasteiger partial charge in [-0.2, -0.15) is 0 Å². The summed E-state index contributed by atoms with van der Waals surface area (Å²) in [6, 6.07) is 6.40. The number of carbonyl (C=O) groups excluding carboxylic acids is 1. The third-order valence-corrected chi connectivity index (χ3v) is 1.42. The second kappa shape index (κ2) is 3.61. The molecule has 0 heterocycles. The molecule has 1 amide bonds. The minimum absolute atomic E-state index is 0.194. The molecule has 2 N–H and O–H groups in total. The normalized spacial score (nSPS) is 9.33. The topological polar surface area (TPSA) is 72.5 Å². The third kappa shape index (κ3) is 2.16. The summed E-state index contributed by atoms with van der Waals surface area (Å²) in [5, 5.41) is 2.72. The van der Waals surface area contributed by atoms with E-state index in [0.717, 1.165) is 5.56 Å². The van der Waals surface area contributed by atoms with E-state index in [-0.39, 0.29) is 12.3 Å². The number of carbonyl (C=O) groups is 1. The second-order valence-corrected chi connectivity index (χ2v) is 2.40. The van der Waals surface area contributed by atoms with Crippen LogP contribution in [0.2, 0.25) is 0 Å². The molecule has 12 heavy (non-hydrogen) atoms. The van der Waals surface area contributed by atoms with Gasteiger partial charge in [-0.3, -0.25) is 4.79 Å². The van der Waals surface area contributed by atoms with Crippen LogP contribution in [-0.4, -0.2) is 5.91 Å². The van der Waals surface area contributed by atoms with Crippen molar-refractivity contribution in [3.63, 3.8) is 0 Å². The number of amides is 1. The number of hydrogen-bond acceptors (Lipinski definition) is 3. The largest absolute Gasteiger partial charge is 0.369 e. The van der Waals surface area contributed by atoms with Gasteiger partial charge in [-0.05, 0) is 22.9 Å². The zero-order valence-corrected chi connectivity index (χ0v) is 6.36. The first kappa shape index (κ1) is 8.39. The molecule has 0 atom stereocenters. The van der Waals surface area contributed by atoms with Crippen molar-refractivity contribution >= 4 is 11.6 Å². The van der Waals surface area contributed by atoms with Crippen LogP contribution in [0.1, 0.15) is 5.56 Å². The molecule has 0 bridgehead atoms. The molecule has 1 aromatic carbocycles. The first-order valence-electron chi connectivity index (χ1n) is 3.43. The van der Waals surface area contributed by atoms with Gasteiger partial charge < -0.3 is 5.73 Å². The monoisotopic (exact) mass is 164 g/mol. The Bertz CT molecular complexity index is 292. The second-order valence-electron chi connectivity index (χ2n) is 2.40. The predicted molar refractivity (Wildman–Crippen MR) is 44.8 cm³/mol. The highest BCUT2D eigenvalue weighted by molar-refractivity contribution is 5.76. The van der Waals surface area contributed by atoms with Crippen molar-refractivity contribution in [1.29, 1.82) is 0 Å². The summed E-state index contributed by atoms with van der Waals surface area (Å²) in [5.41, 5.74) is 6.11. The maximum atomic E-state index is 10.5. The van der Waals surface area contributed by atoms with Crippen LogP contribution in [0.5, 0.6) is 0 Å². The SMILES string of the molecule is NC(=O)Cc1ccc(N=O)cc1. The highest BCUT2D eigenvalue weighted by Crippen LogP contribution is 2.12. The van der Waals surface area contributed by atoms with Crippen LogP contribution < -0.4 is 5.73 Å². The highest BCUT2D eigenvalue weighted by Gasteiger charge is 1.97. The zero-order chi connectivity index (χ0) is 8.97. The van der Waals surface area contributed by atoms with Gasteiger partial charge >= 0.3 is 0 Å². The first-order valence-corrected chi connectivity index (χ1v) is 3.43. The molecule has 62 valence electrons. The molecule has 0 aromatic heterocycles. The number of rotatable bonds is 3. The van der Waals surface area contributed by atoms with E-state index in [1.807, 2.05) is 0 Å². The Hall–Kier alpha value is -1.71. The van der Waals surface area contributed by atoms with E-state index in [2.05, 4.69) is 5.18 Å². The van der Waals surface area contributed by atoms with Crippen molar-refractivity contribution in [1.82, 2.24) is 0 Å². The van der Waals surface area contributed by atoms with Crippen LogP contribution in [0.25, 0.3) is 0 Å². The number of benzene rings is 1. The number of primary amides is 1. The van der Waals surface area contributed by atoms with Crippen LogP contribution in [0.3, 0.4) is 0 Å². The molecular weight excluding hydrogens is 156 g/mol. The Morgan fingerprint density at radius 1 is 1.33 bits per heavy atom. The van der Waals surface area contributed by atoms with Crippen LogP contribution >= 0.6 is 0 Å². The lowest BCUT2D eigenvalue weighted by Gasteiger charge is -1.95.